The molecule has 1 atom stereocenters. The summed E-state index contributed by atoms with van der Waals surface area (Å²) in [6.45, 7) is 5.77. The largest absolute Gasteiger partial charge is 0.491 e. The second-order valence-corrected chi connectivity index (χ2v) is 9.13. The van der Waals surface area contributed by atoms with Gasteiger partial charge >= 0.3 is 8.60 Å². The third-order valence-electron chi connectivity index (χ3n) is 5.92. The predicted molar refractivity (Wildman–Crippen MR) is 144 cm³/mol. The molecule has 0 aromatic heterocycles. The number of aliphatic hydroxyl groups is 1. The number of allylic oxidation sites excluding steroid dienone is 1. The van der Waals surface area contributed by atoms with Crippen molar-refractivity contribution in [3.05, 3.63) is 83.4 Å². The first-order valence-electron chi connectivity index (χ1n) is 12.2. The summed E-state index contributed by atoms with van der Waals surface area (Å²) in [5.41, 5.74) is 5.06. The molecule has 0 saturated carbocycles. The van der Waals surface area contributed by atoms with E-state index in [1.54, 1.807) is 12.1 Å². The standard InChI is InChI=1S/C28H32NO7P/c1-3-25(21-9-14-26-27(15-21)35-18-34-26)28(20-7-12-24(13-8-20)36-37(31)32)19-5-10-23(11-6-19)33-17-22(30)16-29-4-2/h5-15,22,29-32H,3-4,16-18H2,1-2H3. The third kappa shape index (κ3) is 7.01. The van der Waals surface area contributed by atoms with E-state index < -0.39 is 14.7 Å². The van der Waals surface area contributed by atoms with E-state index in [4.69, 9.17) is 18.7 Å². The molecule has 0 amide bonds. The Labute approximate surface area is 218 Å². The van der Waals surface area contributed by atoms with Crippen LogP contribution in [-0.4, -0.2) is 47.5 Å². The van der Waals surface area contributed by atoms with E-state index in [-0.39, 0.29) is 13.4 Å². The van der Waals surface area contributed by atoms with Crippen molar-refractivity contribution in [3.63, 3.8) is 0 Å². The first-order chi connectivity index (χ1) is 18.0. The highest BCUT2D eigenvalue weighted by Gasteiger charge is 2.18. The Morgan fingerprint density at radius 1 is 0.892 bits per heavy atom. The van der Waals surface area contributed by atoms with Gasteiger partial charge in [0.15, 0.2) is 11.5 Å². The summed E-state index contributed by atoms with van der Waals surface area (Å²) in [4.78, 5) is 18.4. The van der Waals surface area contributed by atoms with Crippen LogP contribution in [0, 0.1) is 0 Å². The van der Waals surface area contributed by atoms with E-state index in [0.717, 1.165) is 46.6 Å². The second-order valence-electron chi connectivity index (χ2n) is 8.44. The highest BCUT2D eigenvalue weighted by Crippen LogP contribution is 2.40. The molecule has 0 spiro atoms. The van der Waals surface area contributed by atoms with E-state index in [1.165, 1.54) is 0 Å². The van der Waals surface area contributed by atoms with Crippen LogP contribution >= 0.6 is 8.60 Å². The fourth-order valence-electron chi connectivity index (χ4n) is 4.18. The lowest BCUT2D eigenvalue weighted by Gasteiger charge is -2.18. The number of likely N-dealkylation sites (N-methyl/N-ethyl adjacent to an activating group) is 1. The maximum atomic E-state index is 10.1. The Morgan fingerprint density at radius 3 is 2.14 bits per heavy atom. The van der Waals surface area contributed by atoms with E-state index >= 15 is 0 Å². The number of ether oxygens (including phenoxy) is 3. The Morgan fingerprint density at radius 2 is 1.51 bits per heavy atom. The lowest BCUT2D eigenvalue weighted by atomic mass is 9.88. The lowest BCUT2D eigenvalue weighted by Crippen LogP contribution is -2.31. The molecule has 4 N–H and O–H groups in total. The van der Waals surface area contributed by atoms with Crippen LogP contribution in [0.5, 0.6) is 23.0 Å². The van der Waals surface area contributed by atoms with Crippen molar-refractivity contribution >= 4 is 19.7 Å². The molecule has 3 aromatic carbocycles. The van der Waals surface area contributed by atoms with Crippen LogP contribution in [0.1, 0.15) is 37.0 Å². The van der Waals surface area contributed by atoms with Crippen molar-refractivity contribution in [2.45, 2.75) is 26.4 Å². The number of rotatable bonds is 12. The Hall–Kier alpha value is -3.13. The van der Waals surface area contributed by atoms with Crippen LogP contribution < -0.4 is 24.1 Å². The maximum Gasteiger partial charge on any atom is 0.391 e. The normalized spacial score (nSPS) is 13.9. The summed E-state index contributed by atoms with van der Waals surface area (Å²) in [7, 11) is -2.49. The molecule has 8 nitrogen and oxygen atoms in total. The topological polar surface area (TPSA) is 110 Å². The summed E-state index contributed by atoms with van der Waals surface area (Å²) >= 11 is 0. The minimum atomic E-state index is -2.49. The van der Waals surface area contributed by atoms with Gasteiger partial charge < -0.3 is 38.9 Å². The monoisotopic (exact) mass is 525 g/mol. The van der Waals surface area contributed by atoms with Crippen molar-refractivity contribution in [2.75, 3.05) is 26.5 Å². The lowest BCUT2D eigenvalue weighted by molar-refractivity contribution is 0.107. The molecule has 0 radical (unpaired) electrons. The number of nitrogens with one attached hydrogen (secondary N) is 1. The molecule has 0 aliphatic carbocycles. The molecule has 0 saturated heterocycles. The smallest absolute Gasteiger partial charge is 0.391 e. The SMILES string of the molecule is CCNCC(O)COc1ccc(C(=C(CC)c2ccc3c(c2)OCO3)c2ccc(OP(O)O)cc2)cc1. The molecule has 1 aliphatic heterocycles. The summed E-state index contributed by atoms with van der Waals surface area (Å²) in [5.74, 6) is 2.48. The number of fused-ring (bicyclic) bond motifs is 1. The van der Waals surface area contributed by atoms with Gasteiger partial charge in [-0.1, -0.05) is 44.2 Å². The van der Waals surface area contributed by atoms with Gasteiger partial charge in [-0.3, -0.25) is 0 Å². The van der Waals surface area contributed by atoms with Gasteiger partial charge in [-0.15, -0.1) is 0 Å². The summed E-state index contributed by atoms with van der Waals surface area (Å²) in [5, 5.41) is 13.2. The average molecular weight is 526 g/mol. The van der Waals surface area contributed by atoms with Crippen molar-refractivity contribution < 1.29 is 33.6 Å². The molecule has 1 unspecified atom stereocenters. The Kier molecular flexibility index (Phi) is 9.39. The van der Waals surface area contributed by atoms with Crippen LogP contribution in [0.25, 0.3) is 11.1 Å². The van der Waals surface area contributed by atoms with Gasteiger partial charge in [0.2, 0.25) is 6.79 Å². The zero-order chi connectivity index (χ0) is 26.2. The van der Waals surface area contributed by atoms with E-state index in [9.17, 15) is 14.9 Å². The third-order valence-corrected chi connectivity index (χ3v) is 6.30. The summed E-state index contributed by atoms with van der Waals surface area (Å²) in [6, 6.07) is 20.9. The minimum Gasteiger partial charge on any atom is -0.491 e. The highest BCUT2D eigenvalue weighted by molar-refractivity contribution is 7.39. The van der Waals surface area contributed by atoms with Crippen LogP contribution in [0.4, 0.5) is 0 Å². The van der Waals surface area contributed by atoms with Crippen molar-refractivity contribution in [2.24, 2.45) is 0 Å². The quantitative estimate of drug-likeness (QED) is 0.199. The number of hydrogen-bond acceptors (Lipinski definition) is 8. The van der Waals surface area contributed by atoms with Crippen LogP contribution in [-0.2, 0) is 0 Å². The molecule has 196 valence electrons. The molecule has 9 heteroatoms. The summed E-state index contributed by atoms with van der Waals surface area (Å²) in [6.07, 6.45) is 0.160. The van der Waals surface area contributed by atoms with E-state index in [0.29, 0.717) is 23.8 Å². The maximum absolute atomic E-state index is 10.1. The summed E-state index contributed by atoms with van der Waals surface area (Å²) < 4.78 is 21.9. The number of benzene rings is 3. The molecular formula is C28H32NO7P. The second kappa shape index (κ2) is 12.9. The molecule has 3 aromatic rings. The zero-order valence-corrected chi connectivity index (χ0v) is 21.8. The van der Waals surface area contributed by atoms with Gasteiger partial charge in [0.1, 0.15) is 24.2 Å². The molecule has 1 aliphatic rings. The first kappa shape index (κ1) is 26.9. The van der Waals surface area contributed by atoms with Gasteiger partial charge in [-0.05, 0) is 77.2 Å². The average Bonchev–Trinajstić information content (AvgIpc) is 3.38. The fourth-order valence-corrected chi connectivity index (χ4v) is 4.49. The minimum absolute atomic E-state index is 0.201. The predicted octanol–water partition coefficient (Wildman–Crippen LogP) is 4.72. The van der Waals surface area contributed by atoms with Gasteiger partial charge in [0.25, 0.3) is 0 Å². The molecular weight excluding hydrogens is 493 g/mol. The molecule has 1 heterocycles. The van der Waals surface area contributed by atoms with Crippen molar-refractivity contribution in [3.8, 4) is 23.0 Å². The van der Waals surface area contributed by atoms with E-state index in [1.807, 2.05) is 61.5 Å². The highest BCUT2D eigenvalue weighted by atomic mass is 31.2. The van der Waals surface area contributed by atoms with Gasteiger partial charge in [0, 0.05) is 6.54 Å². The Bertz CT molecular complexity index is 1200. The molecule has 0 bridgehead atoms. The first-order valence-corrected chi connectivity index (χ1v) is 13.4. The fraction of sp³-hybridized carbons (Fsp3) is 0.286. The molecule has 4 rings (SSSR count). The van der Waals surface area contributed by atoms with Gasteiger partial charge in [-0.2, -0.15) is 0 Å². The molecule has 37 heavy (non-hydrogen) atoms. The van der Waals surface area contributed by atoms with Crippen LogP contribution in [0.15, 0.2) is 66.7 Å². The van der Waals surface area contributed by atoms with Crippen molar-refractivity contribution in [1.29, 1.82) is 0 Å². The Balaban J connectivity index is 1.69. The van der Waals surface area contributed by atoms with Crippen LogP contribution in [0.2, 0.25) is 0 Å². The number of aliphatic hydroxyl groups excluding tert-OH is 1. The van der Waals surface area contributed by atoms with Gasteiger partial charge in [0.05, 0.1) is 0 Å². The van der Waals surface area contributed by atoms with Crippen LogP contribution in [0.3, 0.4) is 0 Å². The number of hydrogen-bond donors (Lipinski definition) is 4. The molecule has 0 fully saturated rings. The van der Waals surface area contributed by atoms with Crippen molar-refractivity contribution in [1.82, 2.24) is 5.32 Å². The van der Waals surface area contributed by atoms with Gasteiger partial charge in [-0.25, -0.2) is 0 Å². The zero-order valence-electron chi connectivity index (χ0n) is 20.9. The van der Waals surface area contributed by atoms with E-state index in [2.05, 4.69) is 12.2 Å².